The summed E-state index contributed by atoms with van der Waals surface area (Å²) in [5.41, 5.74) is 5.91. The van der Waals surface area contributed by atoms with Crippen molar-refractivity contribution >= 4 is 11.0 Å². The van der Waals surface area contributed by atoms with Crippen LogP contribution in [0.15, 0.2) is 24.4 Å². The van der Waals surface area contributed by atoms with Gasteiger partial charge in [-0.15, -0.1) is 0 Å². The minimum atomic E-state index is 0.804. The molecular weight excluding hydrogens is 248 g/mol. The van der Waals surface area contributed by atoms with Gasteiger partial charge in [0.25, 0.3) is 0 Å². The quantitative estimate of drug-likeness (QED) is 0.678. The standard InChI is InChI=1S/C16H16N4/c1-10-17-6-5-14(18-10)13-8-12-4-3-7-20-11(2)19-15(9-13)16(12)20/h5-6,8-9H,3-4,7H2,1-2H3. The average molecular weight is 264 g/mol. The molecule has 3 aromatic rings. The van der Waals surface area contributed by atoms with Crippen molar-refractivity contribution in [3.63, 3.8) is 0 Å². The maximum Gasteiger partial charge on any atom is 0.125 e. The largest absolute Gasteiger partial charge is 0.328 e. The first-order chi connectivity index (χ1) is 9.72. The second-order valence-corrected chi connectivity index (χ2v) is 5.41. The minimum Gasteiger partial charge on any atom is -0.328 e. The van der Waals surface area contributed by atoms with Gasteiger partial charge in [-0.05, 0) is 50.5 Å². The highest BCUT2D eigenvalue weighted by molar-refractivity contribution is 5.85. The Labute approximate surface area is 117 Å². The molecule has 4 rings (SSSR count). The zero-order chi connectivity index (χ0) is 13.7. The van der Waals surface area contributed by atoms with Crippen LogP contribution in [0.3, 0.4) is 0 Å². The van der Waals surface area contributed by atoms with Crippen LogP contribution in [-0.4, -0.2) is 19.5 Å². The first kappa shape index (κ1) is 11.6. The number of hydrogen-bond acceptors (Lipinski definition) is 3. The van der Waals surface area contributed by atoms with Crippen molar-refractivity contribution in [2.45, 2.75) is 33.2 Å². The Kier molecular flexibility index (Phi) is 2.39. The van der Waals surface area contributed by atoms with E-state index in [1.807, 2.05) is 19.2 Å². The fourth-order valence-corrected chi connectivity index (χ4v) is 3.13. The number of nitrogens with zero attached hydrogens (tertiary/aromatic N) is 4. The molecule has 0 saturated carbocycles. The van der Waals surface area contributed by atoms with Gasteiger partial charge in [0, 0.05) is 18.3 Å². The molecule has 0 bridgehead atoms. The summed E-state index contributed by atoms with van der Waals surface area (Å²) < 4.78 is 2.34. The van der Waals surface area contributed by atoms with Gasteiger partial charge in [-0.25, -0.2) is 15.0 Å². The lowest BCUT2D eigenvalue weighted by atomic mass is 10.00. The van der Waals surface area contributed by atoms with Crippen LogP contribution in [0.2, 0.25) is 0 Å². The van der Waals surface area contributed by atoms with Gasteiger partial charge in [0.2, 0.25) is 0 Å². The van der Waals surface area contributed by atoms with Gasteiger partial charge in [-0.2, -0.15) is 0 Å². The predicted octanol–water partition coefficient (Wildman–Crippen LogP) is 3.06. The Morgan fingerprint density at radius 3 is 2.90 bits per heavy atom. The summed E-state index contributed by atoms with van der Waals surface area (Å²) in [5.74, 6) is 1.91. The van der Waals surface area contributed by atoms with Crippen LogP contribution in [0.25, 0.3) is 22.3 Å². The molecule has 20 heavy (non-hydrogen) atoms. The van der Waals surface area contributed by atoms with E-state index in [0.29, 0.717) is 0 Å². The zero-order valence-corrected chi connectivity index (χ0v) is 11.7. The van der Waals surface area contributed by atoms with Gasteiger partial charge in [0.15, 0.2) is 0 Å². The molecule has 0 unspecified atom stereocenters. The van der Waals surface area contributed by atoms with Crippen molar-refractivity contribution in [1.82, 2.24) is 19.5 Å². The van der Waals surface area contributed by atoms with Crippen LogP contribution in [0.4, 0.5) is 0 Å². The van der Waals surface area contributed by atoms with E-state index >= 15 is 0 Å². The number of aryl methyl sites for hydroxylation is 4. The lowest BCUT2D eigenvalue weighted by Crippen LogP contribution is -2.08. The molecule has 0 radical (unpaired) electrons. The third kappa shape index (κ3) is 1.64. The molecule has 0 aliphatic carbocycles. The molecule has 4 heteroatoms. The van der Waals surface area contributed by atoms with Crippen molar-refractivity contribution < 1.29 is 0 Å². The summed E-state index contributed by atoms with van der Waals surface area (Å²) in [6, 6.07) is 6.38. The summed E-state index contributed by atoms with van der Waals surface area (Å²) in [6.07, 6.45) is 4.13. The Morgan fingerprint density at radius 1 is 1.15 bits per heavy atom. The number of rotatable bonds is 1. The van der Waals surface area contributed by atoms with E-state index in [4.69, 9.17) is 4.98 Å². The summed E-state index contributed by atoms with van der Waals surface area (Å²) >= 11 is 0. The minimum absolute atomic E-state index is 0.804. The Balaban J connectivity index is 1.99. The smallest absolute Gasteiger partial charge is 0.125 e. The zero-order valence-electron chi connectivity index (χ0n) is 11.7. The average Bonchev–Trinajstić information content (AvgIpc) is 2.77. The lowest BCUT2D eigenvalue weighted by molar-refractivity contribution is 0.617. The van der Waals surface area contributed by atoms with Crippen molar-refractivity contribution in [2.24, 2.45) is 0 Å². The number of benzene rings is 1. The highest BCUT2D eigenvalue weighted by Crippen LogP contribution is 2.31. The highest BCUT2D eigenvalue weighted by Gasteiger charge is 2.17. The Bertz CT molecular complexity index is 817. The highest BCUT2D eigenvalue weighted by atomic mass is 15.1. The third-order valence-corrected chi connectivity index (χ3v) is 4.01. The van der Waals surface area contributed by atoms with Crippen LogP contribution in [0.1, 0.15) is 23.6 Å². The maximum atomic E-state index is 4.71. The summed E-state index contributed by atoms with van der Waals surface area (Å²) in [6.45, 7) is 5.09. The molecule has 3 heterocycles. The van der Waals surface area contributed by atoms with E-state index in [9.17, 15) is 0 Å². The summed E-state index contributed by atoms with van der Waals surface area (Å²) in [7, 11) is 0. The third-order valence-electron chi connectivity index (χ3n) is 4.01. The van der Waals surface area contributed by atoms with Crippen molar-refractivity contribution in [2.75, 3.05) is 0 Å². The van der Waals surface area contributed by atoms with E-state index in [1.54, 1.807) is 0 Å². The SMILES string of the molecule is Cc1nccc(-c2cc3c4c(c2)nc(C)n4CCC3)n1. The first-order valence-corrected chi connectivity index (χ1v) is 7.02. The number of aromatic nitrogens is 4. The second kappa shape index (κ2) is 4.13. The lowest BCUT2D eigenvalue weighted by Gasteiger charge is -2.16. The monoisotopic (exact) mass is 264 g/mol. The summed E-state index contributed by atoms with van der Waals surface area (Å²) in [5, 5.41) is 0. The molecule has 0 saturated heterocycles. The molecule has 0 spiro atoms. The van der Waals surface area contributed by atoms with E-state index in [1.165, 1.54) is 17.5 Å². The predicted molar refractivity (Wildman–Crippen MR) is 78.6 cm³/mol. The number of imidazole rings is 1. The molecule has 0 N–H and O–H groups in total. The van der Waals surface area contributed by atoms with Crippen molar-refractivity contribution in [3.05, 3.63) is 41.6 Å². The van der Waals surface area contributed by atoms with E-state index < -0.39 is 0 Å². The summed E-state index contributed by atoms with van der Waals surface area (Å²) in [4.78, 5) is 13.4. The first-order valence-electron chi connectivity index (χ1n) is 7.02. The van der Waals surface area contributed by atoms with Crippen molar-refractivity contribution in [1.29, 1.82) is 0 Å². The Hall–Kier alpha value is -2.23. The van der Waals surface area contributed by atoms with Gasteiger partial charge in [-0.1, -0.05) is 0 Å². The Morgan fingerprint density at radius 2 is 2.05 bits per heavy atom. The molecule has 0 atom stereocenters. The normalized spacial score (nSPS) is 13.9. The van der Waals surface area contributed by atoms with Crippen LogP contribution < -0.4 is 0 Å². The van der Waals surface area contributed by atoms with Crippen LogP contribution in [0.5, 0.6) is 0 Å². The van der Waals surface area contributed by atoms with Gasteiger partial charge in [0.05, 0.1) is 16.7 Å². The van der Waals surface area contributed by atoms with Gasteiger partial charge < -0.3 is 4.57 Å². The van der Waals surface area contributed by atoms with Crippen LogP contribution in [0, 0.1) is 13.8 Å². The molecule has 1 aromatic carbocycles. The molecule has 100 valence electrons. The molecule has 0 fully saturated rings. The maximum absolute atomic E-state index is 4.71. The van der Waals surface area contributed by atoms with Gasteiger partial charge >= 0.3 is 0 Å². The molecular formula is C16H16N4. The molecule has 2 aromatic heterocycles. The van der Waals surface area contributed by atoms with Crippen LogP contribution in [-0.2, 0) is 13.0 Å². The van der Waals surface area contributed by atoms with E-state index in [0.717, 1.165) is 41.4 Å². The number of hydrogen-bond donors (Lipinski definition) is 0. The van der Waals surface area contributed by atoms with E-state index in [2.05, 4.69) is 33.6 Å². The van der Waals surface area contributed by atoms with E-state index in [-0.39, 0.29) is 0 Å². The van der Waals surface area contributed by atoms with Gasteiger partial charge in [-0.3, -0.25) is 0 Å². The fourth-order valence-electron chi connectivity index (χ4n) is 3.13. The van der Waals surface area contributed by atoms with Crippen molar-refractivity contribution in [3.8, 4) is 11.3 Å². The molecule has 1 aliphatic heterocycles. The van der Waals surface area contributed by atoms with Crippen LogP contribution >= 0.6 is 0 Å². The molecule has 1 aliphatic rings. The fraction of sp³-hybridized carbons (Fsp3) is 0.312. The molecule has 0 amide bonds. The van der Waals surface area contributed by atoms with Gasteiger partial charge in [0.1, 0.15) is 11.6 Å². The topological polar surface area (TPSA) is 43.6 Å². The second-order valence-electron chi connectivity index (χ2n) is 5.41. The molecule has 4 nitrogen and oxygen atoms in total.